The summed E-state index contributed by atoms with van der Waals surface area (Å²) in [5.74, 6) is -1.76. The van der Waals surface area contributed by atoms with Crippen LogP contribution in [0.3, 0.4) is 0 Å². The first-order valence-electron chi connectivity index (χ1n) is 10.8. The van der Waals surface area contributed by atoms with Crippen molar-refractivity contribution in [3.8, 4) is 11.1 Å². The molecule has 32 heavy (non-hydrogen) atoms. The maximum absolute atomic E-state index is 12.6. The number of amides is 2. The van der Waals surface area contributed by atoms with Gasteiger partial charge in [0.1, 0.15) is 18.7 Å². The number of alkyl carbamates (subject to hydrolysis) is 1. The fourth-order valence-corrected chi connectivity index (χ4v) is 4.03. The highest BCUT2D eigenvalue weighted by molar-refractivity contribution is 5.89. The smallest absolute Gasteiger partial charge is 0.407 e. The van der Waals surface area contributed by atoms with Crippen molar-refractivity contribution >= 4 is 18.0 Å². The van der Waals surface area contributed by atoms with Gasteiger partial charge < -0.3 is 20.5 Å². The van der Waals surface area contributed by atoms with E-state index in [1.54, 1.807) is 27.7 Å². The van der Waals surface area contributed by atoms with Crippen LogP contribution in [0.25, 0.3) is 11.1 Å². The highest BCUT2D eigenvalue weighted by Gasteiger charge is 2.35. The lowest BCUT2D eigenvalue weighted by Crippen LogP contribution is -2.55. The second-order valence-electron chi connectivity index (χ2n) is 9.08. The molecule has 2 atom stereocenters. The second kappa shape index (κ2) is 9.42. The summed E-state index contributed by atoms with van der Waals surface area (Å²) in [4.78, 5) is 36.6. The molecule has 3 rings (SSSR count). The Hall–Kier alpha value is -3.35. The highest BCUT2D eigenvalue weighted by atomic mass is 16.5. The molecular weight excluding hydrogens is 408 g/mol. The Morgan fingerprint density at radius 3 is 1.97 bits per heavy atom. The number of nitrogens with one attached hydrogen (secondary N) is 2. The lowest BCUT2D eigenvalue weighted by Gasteiger charge is -2.29. The third-order valence-corrected chi connectivity index (χ3v) is 5.76. The normalized spacial score (nSPS) is 14.6. The molecule has 0 radical (unpaired) electrons. The summed E-state index contributed by atoms with van der Waals surface area (Å²) < 4.78 is 5.50. The lowest BCUT2D eigenvalue weighted by molar-refractivity contribution is -0.145. The number of rotatable bonds is 7. The van der Waals surface area contributed by atoms with Crippen LogP contribution in [-0.4, -0.2) is 41.8 Å². The van der Waals surface area contributed by atoms with Gasteiger partial charge in [-0.15, -0.1) is 0 Å². The topological polar surface area (TPSA) is 105 Å². The number of carbonyl (C=O) groups is 3. The minimum Gasteiger partial charge on any atom is -0.480 e. The van der Waals surface area contributed by atoms with E-state index in [0.717, 1.165) is 22.3 Å². The van der Waals surface area contributed by atoms with Crippen molar-refractivity contribution in [1.82, 2.24) is 10.6 Å². The quantitative estimate of drug-likeness (QED) is 0.608. The van der Waals surface area contributed by atoms with Crippen LogP contribution >= 0.6 is 0 Å². The SMILES string of the molecule is CC[C@@H](NC(=O)OCC1c2ccccc2-c2ccccc21)C(=O)N[C@H](C(=O)O)C(C)(C)C. The minimum absolute atomic E-state index is 0.0839. The second-order valence-corrected chi connectivity index (χ2v) is 9.08. The van der Waals surface area contributed by atoms with Crippen LogP contribution in [0.5, 0.6) is 0 Å². The maximum Gasteiger partial charge on any atom is 0.407 e. The Labute approximate surface area is 188 Å². The Bertz CT molecular complexity index is 966. The number of aliphatic carboxylic acids is 1. The van der Waals surface area contributed by atoms with Crippen molar-refractivity contribution in [2.45, 2.75) is 52.1 Å². The number of ether oxygens (including phenoxy) is 1. The van der Waals surface area contributed by atoms with Crippen LogP contribution in [0.2, 0.25) is 0 Å². The van der Waals surface area contributed by atoms with E-state index in [9.17, 15) is 19.5 Å². The predicted molar refractivity (Wildman–Crippen MR) is 121 cm³/mol. The summed E-state index contributed by atoms with van der Waals surface area (Å²) >= 11 is 0. The number of carboxylic acid groups (broad SMARTS) is 1. The van der Waals surface area contributed by atoms with Crippen molar-refractivity contribution in [3.63, 3.8) is 0 Å². The Morgan fingerprint density at radius 1 is 0.969 bits per heavy atom. The fraction of sp³-hybridized carbons (Fsp3) is 0.400. The molecule has 170 valence electrons. The van der Waals surface area contributed by atoms with Crippen LogP contribution in [0, 0.1) is 5.41 Å². The summed E-state index contributed by atoms with van der Waals surface area (Å²) in [6.45, 7) is 7.06. The molecule has 0 spiro atoms. The molecule has 0 heterocycles. The molecular formula is C25H30N2O5. The van der Waals surface area contributed by atoms with E-state index in [-0.39, 0.29) is 12.5 Å². The third-order valence-electron chi connectivity index (χ3n) is 5.76. The van der Waals surface area contributed by atoms with E-state index in [1.165, 1.54) is 0 Å². The van der Waals surface area contributed by atoms with Crippen LogP contribution in [0.15, 0.2) is 48.5 Å². The van der Waals surface area contributed by atoms with E-state index in [1.807, 2.05) is 36.4 Å². The number of hydrogen-bond acceptors (Lipinski definition) is 4. The largest absolute Gasteiger partial charge is 0.480 e. The average Bonchev–Trinajstić information content (AvgIpc) is 3.07. The van der Waals surface area contributed by atoms with Gasteiger partial charge in [0.2, 0.25) is 5.91 Å². The van der Waals surface area contributed by atoms with Crippen LogP contribution < -0.4 is 10.6 Å². The summed E-state index contributed by atoms with van der Waals surface area (Å²) in [6, 6.07) is 14.1. The molecule has 3 N–H and O–H groups in total. The van der Waals surface area contributed by atoms with Gasteiger partial charge in [-0.2, -0.15) is 0 Å². The van der Waals surface area contributed by atoms with E-state index >= 15 is 0 Å². The summed E-state index contributed by atoms with van der Waals surface area (Å²) in [5, 5.41) is 14.5. The van der Waals surface area contributed by atoms with Crippen molar-refractivity contribution in [2.75, 3.05) is 6.61 Å². The monoisotopic (exact) mass is 438 g/mol. The zero-order chi connectivity index (χ0) is 23.5. The Kier molecular flexibility index (Phi) is 6.87. The molecule has 0 fully saturated rings. The molecule has 1 aliphatic rings. The molecule has 1 aliphatic carbocycles. The van der Waals surface area contributed by atoms with Gasteiger partial charge in [0.15, 0.2) is 0 Å². The Balaban J connectivity index is 1.64. The average molecular weight is 439 g/mol. The van der Waals surface area contributed by atoms with Crippen molar-refractivity contribution in [1.29, 1.82) is 0 Å². The number of fused-ring (bicyclic) bond motifs is 3. The number of carboxylic acids is 1. The molecule has 0 saturated heterocycles. The molecule has 0 aliphatic heterocycles. The van der Waals surface area contributed by atoms with Crippen molar-refractivity contribution < 1.29 is 24.2 Å². The summed E-state index contributed by atoms with van der Waals surface area (Å²) in [5.41, 5.74) is 3.78. The molecule has 2 aromatic carbocycles. The first kappa shape index (κ1) is 23.3. The molecule has 2 aromatic rings. The van der Waals surface area contributed by atoms with Crippen LogP contribution in [0.4, 0.5) is 4.79 Å². The van der Waals surface area contributed by atoms with Crippen molar-refractivity contribution in [3.05, 3.63) is 59.7 Å². The molecule has 2 amide bonds. The number of carbonyl (C=O) groups excluding carboxylic acids is 2. The molecule has 0 aromatic heterocycles. The lowest BCUT2D eigenvalue weighted by atomic mass is 9.86. The van der Waals surface area contributed by atoms with Gasteiger partial charge in [-0.1, -0.05) is 76.2 Å². The van der Waals surface area contributed by atoms with E-state index < -0.39 is 35.5 Å². The van der Waals surface area contributed by atoms with E-state index in [2.05, 4.69) is 22.8 Å². The van der Waals surface area contributed by atoms with E-state index in [4.69, 9.17) is 4.74 Å². The molecule has 0 unspecified atom stereocenters. The van der Waals surface area contributed by atoms with Gasteiger partial charge in [-0.05, 0) is 34.1 Å². The van der Waals surface area contributed by atoms with Gasteiger partial charge >= 0.3 is 12.1 Å². The van der Waals surface area contributed by atoms with Crippen LogP contribution in [0.1, 0.15) is 51.2 Å². The standard InChI is InChI=1S/C25H30N2O5/c1-5-20(22(28)27-21(23(29)30)25(2,3)4)26-24(31)32-14-19-17-12-8-6-10-15(17)16-11-7-9-13-18(16)19/h6-13,19-21H,5,14H2,1-4H3,(H,26,31)(H,27,28)(H,29,30)/t20-,21-/m1/s1. The summed E-state index contributed by atoms with van der Waals surface area (Å²) in [6.07, 6.45) is -0.413. The third kappa shape index (κ3) is 4.93. The molecule has 7 heteroatoms. The summed E-state index contributed by atoms with van der Waals surface area (Å²) in [7, 11) is 0. The first-order chi connectivity index (χ1) is 15.1. The molecule has 7 nitrogen and oxygen atoms in total. The number of benzene rings is 2. The zero-order valence-corrected chi connectivity index (χ0v) is 18.8. The van der Waals surface area contributed by atoms with Gasteiger partial charge in [0.25, 0.3) is 0 Å². The van der Waals surface area contributed by atoms with Gasteiger partial charge in [-0.3, -0.25) is 4.79 Å². The number of hydrogen-bond donors (Lipinski definition) is 3. The van der Waals surface area contributed by atoms with Crippen molar-refractivity contribution in [2.24, 2.45) is 5.41 Å². The fourth-order valence-electron chi connectivity index (χ4n) is 4.03. The molecule has 0 saturated carbocycles. The van der Waals surface area contributed by atoms with E-state index in [0.29, 0.717) is 6.42 Å². The van der Waals surface area contributed by atoms with Gasteiger partial charge in [-0.25, -0.2) is 9.59 Å². The maximum atomic E-state index is 12.6. The van der Waals surface area contributed by atoms with Gasteiger partial charge in [0.05, 0.1) is 0 Å². The van der Waals surface area contributed by atoms with Gasteiger partial charge in [0, 0.05) is 5.92 Å². The first-order valence-corrected chi connectivity index (χ1v) is 10.8. The Morgan fingerprint density at radius 2 is 1.50 bits per heavy atom. The highest BCUT2D eigenvalue weighted by Crippen LogP contribution is 2.44. The predicted octanol–water partition coefficient (Wildman–Crippen LogP) is 3.92. The molecule has 0 bridgehead atoms. The minimum atomic E-state index is -1.12. The zero-order valence-electron chi connectivity index (χ0n) is 18.8. The van der Waals surface area contributed by atoms with Crippen LogP contribution in [-0.2, 0) is 14.3 Å².